The second-order valence-corrected chi connectivity index (χ2v) is 12.8. The number of benzene rings is 2. The smallest absolute Gasteiger partial charge is 0.251 e. The van der Waals surface area contributed by atoms with Gasteiger partial charge in [0.15, 0.2) is 0 Å². The van der Waals surface area contributed by atoms with E-state index in [1.165, 1.54) is 19.3 Å². The van der Waals surface area contributed by atoms with Crippen LogP contribution in [0.4, 0.5) is 5.69 Å². The van der Waals surface area contributed by atoms with Gasteiger partial charge in [0.05, 0.1) is 18.8 Å². The van der Waals surface area contributed by atoms with E-state index in [0.717, 1.165) is 24.3 Å². The fourth-order valence-corrected chi connectivity index (χ4v) is 7.05. The lowest BCUT2D eigenvalue weighted by Gasteiger charge is -2.28. The van der Waals surface area contributed by atoms with E-state index in [4.69, 9.17) is 9.47 Å². The molecule has 238 valence electrons. The first-order valence-electron chi connectivity index (χ1n) is 16.2. The monoisotopic (exact) mass is 605 g/mol. The Labute approximate surface area is 260 Å². The van der Waals surface area contributed by atoms with Gasteiger partial charge >= 0.3 is 0 Å². The van der Waals surface area contributed by atoms with Crippen LogP contribution in [-0.2, 0) is 20.7 Å². The van der Waals surface area contributed by atoms with Crippen molar-refractivity contribution in [3.8, 4) is 5.75 Å². The SMILES string of the molecule is COCCCOc1cc(C(=O)N[C@@H](Cc2ccccc2)[C@@H](O)C[C@@H](C)C(=O)NC2CC3CCC2C3)cc(N2CCCC2=O)c1. The molecule has 6 atom stereocenters. The molecule has 3 fully saturated rings. The number of amides is 3. The van der Waals surface area contributed by atoms with Crippen LogP contribution < -0.4 is 20.3 Å². The van der Waals surface area contributed by atoms with Crippen LogP contribution in [0, 0.1) is 17.8 Å². The van der Waals surface area contributed by atoms with Gasteiger partial charge in [0, 0.05) is 62.4 Å². The van der Waals surface area contributed by atoms with E-state index < -0.39 is 18.1 Å². The first-order valence-corrected chi connectivity index (χ1v) is 16.2. The summed E-state index contributed by atoms with van der Waals surface area (Å²) in [5.74, 6) is 0.999. The summed E-state index contributed by atoms with van der Waals surface area (Å²) < 4.78 is 11.1. The number of methoxy groups -OCH3 is 1. The van der Waals surface area contributed by atoms with Crippen LogP contribution in [0.5, 0.6) is 5.75 Å². The third-order valence-corrected chi connectivity index (χ3v) is 9.49. The molecule has 1 saturated heterocycles. The number of anilines is 1. The van der Waals surface area contributed by atoms with Gasteiger partial charge in [0.1, 0.15) is 5.75 Å². The Hall–Kier alpha value is -3.43. The van der Waals surface area contributed by atoms with E-state index in [2.05, 4.69) is 10.6 Å². The lowest BCUT2D eigenvalue weighted by molar-refractivity contribution is -0.126. The number of aliphatic hydroxyl groups excluding tert-OH is 1. The molecule has 3 unspecified atom stereocenters. The standard InChI is InChI=1S/C35H47N3O6/c1-23(34(41)36-30-19-25-11-12-26(30)17-25)16-32(39)31(18-24-8-4-3-5-9-24)37-35(42)27-20-28(38-13-6-10-33(38)40)22-29(21-27)44-15-7-14-43-2/h3-5,8-9,20-23,25-26,30-32,39H,6-7,10-19H2,1-2H3,(H,36,41)(H,37,42)/t23-,25?,26?,30?,31+,32+/m1/s1. The zero-order valence-electron chi connectivity index (χ0n) is 26.0. The van der Waals surface area contributed by atoms with Crippen molar-refractivity contribution in [1.82, 2.24) is 10.6 Å². The highest BCUT2D eigenvalue weighted by molar-refractivity contribution is 5.99. The fraction of sp³-hybridized carbons (Fsp3) is 0.571. The summed E-state index contributed by atoms with van der Waals surface area (Å²) in [5, 5.41) is 17.8. The molecule has 2 aliphatic carbocycles. The summed E-state index contributed by atoms with van der Waals surface area (Å²) in [5.41, 5.74) is 1.93. The van der Waals surface area contributed by atoms with Crippen LogP contribution in [0.25, 0.3) is 0 Å². The first-order chi connectivity index (χ1) is 21.3. The zero-order chi connectivity index (χ0) is 31.1. The third kappa shape index (κ3) is 8.18. The van der Waals surface area contributed by atoms with Crippen molar-refractivity contribution in [3.05, 3.63) is 59.7 Å². The second-order valence-electron chi connectivity index (χ2n) is 12.8. The Bertz CT molecular complexity index is 1290. The van der Waals surface area contributed by atoms with Gasteiger partial charge in [-0.3, -0.25) is 14.4 Å². The van der Waals surface area contributed by atoms with E-state index >= 15 is 0 Å². The average molecular weight is 606 g/mol. The molecule has 0 spiro atoms. The molecule has 1 heterocycles. The highest BCUT2D eigenvalue weighted by Crippen LogP contribution is 2.44. The van der Waals surface area contributed by atoms with Gasteiger partial charge in [-0.2, -0.15) is 0 Å². The molecule has 44 heavy (non-hydrogen) atoms. The molecule has 2 saturated carbocycles. The number of hydrogen-bond donors (Lipinski definition) is 3. The number of aliphatic hydroxyl groups is 1. The number of hydrogen-bond acceptors (Lipinski definition) is 6. The van der Waals surface area contributed by atoms with Crippen molar-refractivity contribution >= 4 is 23.4 Å². The molecule has 2 aromatic rings. The molecular weight excluding hydrogens is 558 g/mol. The van der Waals surface area contributed by atoms with Gasteiger partial charge in [-0.15, -0.1) is 0 Å². The molecule has 3 aliphatic rings. The van der Waals surface area contributed by atoms with Crippen LogP contribution in [-0.4, -0.2) is 67.9 Å². The Morgan fingerprint density at radius 2 is 1.91 bits per heavy atom. The normalized spacial score (nSPS) is 22.9. The molecule has 5 rings (SSSR count). The largest absolute Gasteiger partial charge is 0.493 e. The van der Waals surface area contributed by atoms with Crippen molar-refractivity contribution < 1.29 is 29.0 Å². The Balaban J connectivity index is 1.30. The van der Waals surface area contributed by atoms with E-state index in [-0.39, 0.29) is 30.2 Å². The van der Waals surface area contributed by atoms with Gasteiger partial charge in [-0.1, -0.05) is 43.7 Å². The van der Waals surface area contributed by atoms with Crippen molar-refractivity contribution in [2.45, 2.75) is 82.9 Å². The number of ether oxygens (including phenoxy) is 2. The maximum Gasteiger partial charge on any atom is 0.251 e. The quantitative estimate of drug-likeness (QED) is 0.261. The van der Waals surface area contributed by atoms with E-state index in [9.17, 15) is 19.5 Å². The molecule has 3 N–H and O–H groups in total. The van der Waals surface area contributed by atoms with Crippen LogP contribution in [0.3, 0.4) is 0 Å². The highest BCUT2D eigenvalue weighted by atomic mass is 16.5. The van der Waals surface area contributed by atoms with E-state index in [1.807, 2.05) is 37.3 Å². The van der Waals surface area contributed by atoms with Crippen molar-refractivity contribution in [2.75, 3.05) is 31.8 Å². The van der Waals surface area contributed by atoms with Gasteiger partial charge in [0.2, 0.25) is 11.8 Å². The fourth-order valence-electron chi connectivity index (χ4n) is 7.05. The second kappa shape index (κ2) is 15.0. The molecule has 9 nitrogen and oxygen atoms in total. The van der Waals surface area contributed by atoms with Gasteiger partial charge < -0.3 is 30.1 Å². The van der Waals surface area contributed by atoms with Gasteiger partial charge in [-0.25, -0.2) is 0 Å². The van der Waals surface area contributed by atoms with Crippen molar-refractivity contribution in [2.24, 2.45) is 17.8 Å². The first kappa shape index (κ1) is 32.0. The summed E-state index contributed by atoms with van der Waals surface area (Å²) >= 11 is 0. The summed E-state index contributed by atoms with van der Waals surface area (Å²) in [6.45, 7) is 3.39. The van der Waals surface area contributed by atoms with Crippen LogP contribution in [0.15, 0.2) is 48.5 Å². The molecule has 0 radical (unpaired) electrons. The summed E-state index contributed by atoms with van der Waals surface area (Å²) in [6.07, 6.45) is 6.31. The minimum absolute atomic E-state index is 0.0166. The van der Waals surface area contributed by atoms with E-state index in [1.54, 1.807) is 30.2 Å². The van der Waals surface area contributed by atoms with Crippen molar-refractivity contribution in [1.29, 1.82) is 0 Å². The molecule has 2 aromatic carbocycles. The highest BCUT2D eigenvalue weighted by Gasteiger charge is 2.40. The van der Waals surface area contributed by atoms with Gasteiger partial charge in [-0.05, 0) is 68.1 Å². The van der Waals surface area contributed by atoms with Crippen LogP contribution in [0.2, 0.25) is 0 Å². The minimum Gasteiger partial charge on any atom is -0.493 e. The lowest BCUT2D eigenvalue weighted by Crippen LogP contribution is -2.47. The maximum atomic E-state index is 13.8. The number of rotatable bonds is 15. The summed E-state index contributed by atoms with van der Waals surface area (Å²) in [6, 6.07) is 14.5. The Morgan fingerprint density at radius 1 is 1.09 bits per heavy atom. The molecule has 9 heteroatoms. The topological polar surface area (TPSA) is 117 Å². The average Bonchev–Trinajstić information content (AvgIpc) is 3.77. The van der Waals surface area contributed by atoms with Crippen LogP contribution >= 0.6 is 0 Å². The molecule has 3 amide bonds. The number of carbonyl (C=O) groups excluding carboxylic acids is 3. The third-order valence-electron chi connectivity index (χ3n) is 9.49. The molecule has 1 aliphatic heterocycles. The van der Waals surface area contributed by atoms with Gasteiger partial charge in [0.25, 0.3) is 5.91 Å². The number of carbonyl (C=O) groups is 3. The molecule has 2 bridgehead atoms. The number of nitrogens with zero attached hydrogens (tertiary/aromatic N) is 1. The predicted molar refractivity (Wildman–Crippen MR) is 169 cm³/mol. The maximum absolute atomic E-state index is 13.8. The van der Waals surface area contributed by atoms with Crippen LogP contribution in [0.1, 0.15) is 74.2 Å². The summed E-state index contributed by atoms with van der Waals surface area (Å²) in [7, 11) is 1.63. The van der Waals surface area contributed by atoms with Crippen molar-refractivity contribution in [3.63, 3.8) is 0 Å². The molecular formula is C35H47N3O6. The summed E-state index contributed by atoms with van der Waals surface area (Å²) in [4.78, 5) is 41.1. The Kier molecular flexibility index (Phi) is 10.9. The molecule has 0 aromatic heterocycles. The Morgan fingerprint density at radius 3 is 2.59 bits per heavy atom. The van der Waals surface area contributed by atoms with E-state index in [0.29, 0.717) is 61.9 Å². The predicted octanol–water partition coefficient (Wildman–Crippen LogP) is 4.26. The lowest BCUT2D eigenvalue weighted by atomic mass is 9.91. The number of nitrogens with one attached hydrogen (secondary N) is 2. The zero-order valence-corrected chi connectivity index (χ0v) is 26.0. The minimum atomic E-state index is -0.951. The number of fused-ring (bicyclic) bond motifs is 2.